The average Bonchev–Trinajstić information content (AvgIpc) is 2.44. The highest BCUT2D eigenvalue weighted by molar-refractivity contribution is 4.66. The molecule has 1 aliphatic rings. The van der Waals surface area contributed by atoms with Gasteiger partial charge in [0.05, 0.1) is 38.6 Å². The monoisotopic (exact) mass is 275 g/mol. The van der Waals surface area contributed by atoms with Crippen LogP contribution in [0.5, 0.6) is 0 Å². The van der Waals surface area contributed by atoms with Gasteiger partial charge in [0.15, 0.2) is 0 Å². The van der Waals surface area contributed by atoms with Crippen molar-refractivity contribution in [3.05, 3.63) is 0 Å². The molecule has 1 heterocycles. The van der Waals surface area contributed by atoms with E-state index in [0.29, 0.717) is 39.5 Å². The highest BCUT2D eigenvalue weighted by atomic mass is 16.6. The lowest BCUT2D eigenvalue weighted by Crippen LogP contribution is -2.40. The van der Waals surface area contributed by atoms with Gasteiger partial charge in [0.25, 0.3) is 0 Å². The molecular formula is C14H29NO4. The van der Waals surface area contributed by atoms with E-state index in [0.717, 1.165) is 13.0 Å². The van der Waals surface area contributed by atoms with E-state index in [-0.39, 0.29) is 6.10 Å². The van der Waals surface area contributed by atoms with Crippen LogP contribution < -0.4 is 5.32 Å². The average molecular weight is 275 g/mol. The van der Waals surface area contributed by atoms with Crippen molar-refractivity contribution in [1.82, 2.24) is 5.32 Å². The zero-order valence-corrected chi connectivity index (χ0v) is 12.1. The standard InChI is InChI=1S/C14H29NO4/c1-2-3-4-5-6-17-11-13(16)9-15-10-14-12-18-7-8-19-14/h13-16H,2-12H2,1H3. The first kappa shape index (κ1) is 16.9. The zero-order valence-electron chi connectivity index (χ0n) is 12.1. The van der Waals surface area contributed by atoms with Gasteiger partial charge in [-0.3, -0.25) is 0 Å². The minimum absolute atomic E-state index is 0.107. The van der Waals surface area contributed by atoms with Crippen LogP contribution in [0.25, 0.3) is 0 Å². The number of unbranched alkanes of at least 4 members (excludes halogenated alkanes) is 3. The van der Waals surface area contributed by atoms with Crippen LogP contribution in [0.1, 0.15) is 32.6 Å². The fourth-order valence-electron chi connectivity index (χ4n) is 1.97. The molecule has 19 heavy (non-hydrogen) atoms. The molecule has 0 saturated carbocycles. The zero-order chi connectivity index (χ0) is 13.8. The van der Waals surface area contributed by atoms with Crippen molar-refractivity contribution in [2.24, 2.45) is 0 Å². The number of hydrogen-bond donors (Lipinski definition) is 2. The third kappa shape index (κ3) is 9.35. The summed E-state index contributed by atoms with van der Waals surface area (Å²) in [7, 11) is 0. The van der Waals surface area contributed by atoms with Crippen LogP contribution in [0.15, 0.2) is 0 Å². The Balaban J connectivity index is 1.85. The summed E-state index contributed by atoms with van der Waals surface area (Å²) in [6.45, 7) is 6.58. The summed E-state index contributed by atoms with van der Waals surface area (Å²) in [6.07, 6.45) is 4.45. The lowest BCUT2D eigenvalue weighted by molar-refractivity contribution is -0.0871. The molecule has 114 valence electrons. The molecule has 5 heteroatoms. The summed E-state index contributed by atoms with van der Waals surface area (Å²) in [4.78, 5) is 0. The largest absolute Gasteiger partial charge is 0.389 e. The predicted octanol–water partition coefficient (Wildman–Crippen LogP) is 0.949. The Kier molecular flexibility index (Phi) is 10.3. The molecule has 2 atom stereocenters. The lowest BCUT2D eigenvalue weighted by Gasteiger charge is -2.23. The molecule has 2 N–H and O–H groups in total. The Hall–Kier alpha value is -0.200. The van der Waals surface area contributed by atoms with E-state index in [9.17, 15) is 5.11 Å². The van der Waals surface area contributed by atoms with Crippen LogP contribution in [-0.4, -0.2) is 63.4 Å². The summed E-state index contributed by atoms with van der Waals surface area (Å²) >= 11 is 0. The lowest BCUT2D eigenvalue weighted by atomic mass is 10.2. The summed E-state index contributed by atoms with van der Waals surface area (Å²) < 4.78 is 16.2. The minimum Gasteiger partial charge on any atom is -0.389 e. The van der Waals surface area contributed by atoms with Gasteiger partial charge in [0.2, 0.25) is 0 Å². The number of nitrogens with one attached hydrogen (secondary N) is 1. The second-order valence-electron chi connectivity index (χ2n) is 5.02. The van der Waals surface area contributed by atoms with Gasteiger partial charge in [-0.15, -0.1) is 0 Å². The van der Waals surface area contributed by atoms with Gasteiger partial charge in [-0.1, -0.05) is 26.2 Å². The van der Waals surface area contributed by atoms with Crippen LogP contribution in [0, 0.1) is 0 Å². The van der Waals surface area contributed by atoms with Gasteiger partial charge in [-0.25, -0.2) is 0 Å². The third-order valence-corrected chi connectivity index (χ3v) is 3.09. The van der Waals surface area contributed by atoms with Gasteiger partial charge in [0, 0.05) is 19.7 Å². The Morgan fingerprint density at radius 2 is 2.21 bits per heavy atom. The normalized spacial score (nSPS) is 21.5. The van der Waals surface area contributed by atoms with Crippen molar-refractivity contribution < 1.29 is 19.3 Å². The van der Waals surface area contributed by atoms with E-state index in [1.54, 1.807) is 0 Å². The molecule has 0 aromatic heterocycles. The number of aliphatic hydroxyl groups is 1. The van der Waals surface area contributed by atoms with Crippen LogP contribution in [-0.2, 0) is 14.2 Å². The molecule has 1 fully saturated rings. The molecule has 1 saturated heterocycles. The van der Waals surface area contributed by atoms with Gasteiger partial charge < -0.3 is 24.6 Å². The number of hydrogen-bond acceptors (Lipinski definition) is 5. The first-order chi connectivity index (χ1) is 9.33. The Morgan fingerprint density at radius 3 is 2.95 bits per heavy atom. The van der Waals surface area contributed by atoms with Crippen molar-refractivity contribution >= 4 is 0 Å². The molecule has 0 spiro atoms. The van der Waals surface area contributed by atoms with Crippen molar-refractivity contribution in [3.63, 3.8) is 0 Å². The molecule has 0 bridgehead atoms. The maximum atomic E-state index is 9.72. The predicted molar refractivity (Wildman–Crippen MR) is 74.4 cm³/mol. The molecule has 5 nitrogen and oxygen atoms in total. The van der Waals surface area contributed by atoms with Crippen molar-refractivity contribution in [1.29, 1.82) is 0 Å². The van der Waals surface area contributed by atoms with Gasteiger partial charge in [-0.2, -0.15) is 0 Å². The number of rotatable bonds is 11. The molecule has 1 aliphatic heterocycles. The minimum atomic E-state index is -0.448. The Bertz CT molecular complexity index is 198. The van der Waals surface area contributed by atoms with E-state index < -0.39 is 6.10 Å². The number of ether oxygens (including phenoxy) is 3. The van der Waals surface area contributed by atoms with Crippen molar-refractivity contribution in [3.8, 4) is 0 Å². The SMILES string of the molecule is CCCCCCOCC(O)CNCC1COCCO1. The highest BCUT2D eigenvalue weighted by Crippen LogP contribution is 2.00. The molecule has 2 unspecified atom stereocenters. The van der Waals surface area contributed by atoms with E-state index in [2.05, 4.69) is 12.2 Å². The summed E-state index contributed by atoms with van der Waals surface area (Å²) in [6, 6.07) is 0. The summed E-state index contributed by atoms with van der Waals surface area (Å²) in [5, 5.41) is 12.9. The van der Waals surface area contributed by atoms with Crippen molar-refractivity contribution in [2.45, 2.75) is 44.8 Å². The molecule has 0 aromatic carbocycles. The van der Waals surface area contributed by atoms with Gasteiger partial charge >= 0.3 is 0 Å². The first-order valence-electron chi connectivity index (χ1n) is 7.48. The molecule has 1 rings (SSSR count). The smallest absolute Gasteiger partial charge is 0.0933 e. The molecule has 0 radical (unpaired) electrons. The second-order valence-corrected chi connectivity index (χ2v) is 5.02. The Labute approximate surface area is 116 Å². The van der Waals surface area contributed by atoms with Crippen LogP contribution in [0.4, 0.5) is 0 Å². The first-order valence-corrected chi connectivity index (χ1v) is 7.48. The highest BCUT2D eigenvalue weighted by Gasteiger charge is 2.14. The second kappa shape index (κ2) is 11.6. The van der Waals surface area contributed by atoms with E-state index in [1.807, 2.05) is 0 Å². The van der Waals surface area contributed by atoms with Crippen LogP contribution in [0.2, 0.25) is 0 Å². The number of aliphatic hydroxyl groups excluding tert-OH is 1. The van der Waals surface area contributed by atoms with Crippen LogP contribution in [0.3, 0.4) is 0 Å². The molecule has 0 aliphatic carbocycles. The quantitative estimate of drug-likeness (QED) is 0.550. The molecule has 0 aromatic rings. The Morgan fingerprint density at radius 1 is 1.32 bits per heavy atom. The van der Waals surface area contributed by atoms with E-state index in [4.69, 9.17) is 14.2 Å². The molecule has 0 amide bonds. The maximum Gasteiger partial charge on any atom is 0.0933 e. The fraction of sp³-hybridized carbons (Fsp3) is 1.00. The fourth-order valence-corrected chi connectivity index (χ4v) is 1.97. The van der Waals surface area contributed by atoms with Crippen molar-refractivity contribution in [2.75, 3.05) is 46.1 Å². The van der Waals surface area contributed by atoms with Gasteiger partial charge in [-0.05, 0) is 6.42 Å². The summed E-state index contributed by atoms with van der Waals surface area (Å²) in [5.41, 5.74) is 0. The maximum absolute atomic E-state index is 9.72. The third-order valence-electron chi connectivity index (χ3n) is 3.09. The topological polar surface area (TPSA) is 60.0 Å². The van der Waals surface area contributed by atoms with E-state index in [1.165, 1.54) is 19.3 Å². The molecular weight excluding hydrogens is 246 g/mol. The van der Waals surface area contributed by atoms with Crippen LogP contribution >= 0.6 is 0 Å². The van der Waals surface area contributed by atoms with Gasteiger partial charge in [0.1, 0.15) is 0 Å². The summed E-state index contributed by atoms with van der Waals surface area (Å²) in [5.74, 6) is 0. The van der Waals surface area contributed by atoms with E-state index >= 15 is 0 Å².